The van der Waals surface area contributed by atoms with Gasteiger partial charge in [-0.2, -0.15) is 15.0 Å². The molecule has 0 saturated carbocycles. The SMILES string of the molecule is CN(C)CCCNc1nc(NCCc2c[nH]c3ccccc23)nc(NCCc2c[nH]c3ccccc23)n1. The molecule has 9 nitrogen and oxygen atoms in total. The Morgan fingerprint density at radius 2 is 1.11 bits per heavy atom. The van der Waals surface area contributed by atoms with Gasteiger partial charge in [-0.05, 0) is 63.2 Å². The van der Waals surface area contributed by atoms with Crippen LogP contribution >= 0.6 is 0 Å². The quantitative estimate of drug-likeness (QED) is 0.152. The summed E-state index contributed by atoms with van der Waals surface area (Å²) in [6.07, 6.45) is 6.89. The molecule has 0 spiro atoms. The van der Waals surface area contributed by atoms with Crippen LogP contribution in [-0.4, -0.2) is 70.1 Å². The highest BCUT2D eigenvalue weighted by molar-refractivity contribution is 5.83. The Morgan fingerprint density at radius 3 is 1.59 bits per heavy atom. The van der Waals surface area contributed by atoms with E-state index in [2.05, 4.69) is 109 Å². The molecule has 0 radical (unpaired) electrons. The van der Waals surface area contributed by atoms with E-state index in [4.69, 9.17) is 0 Å². The minimum absolute atomic E-state index is 0.569. The molecule has 0 saturated heterocycles. The van der Waals surface area contributed by atoms with E-state index < -0.39 is 0 Å². The van der Waals surface area contributed by atoms with Crippen molar-refractivity contribution < 1.29 is 0 Å². The van der Waals surface area contributed by atoms with E-state index in [9.17, 15) is 0 Å². The zero-order chi connectivity index (χ0) is 25.5. The molecule has 0 aliphatic carbocycles. The number of anilines is 3. The van der Waals surface area contributed by atoms with Crippen LogP contribution in [-0.2, 0) is 12.8 Å². The van der Waals surface area contributed by atoms with Crippen molar-refractivity contribution in [3.8, 4) is 0 Å². The van der Waals surface area contributed by atoms with Gasteiger partial charge < -0.3 is 30.8 Å². The van der Waals surface area contributed by atoms with Crippen molar-refractivity contribution in [2.24, 2.45) is 0 Å². The van der Waals surface area contributed by atoms with Gasteiger partial charge in [0.2, 0.25) is 17.8 Å². The predicted molar refractivity (Wildman–Crippen MR) is 152 cm³/mol. The van der Waals surface area contributed by atoms with Gasteiger partial charge in [0.25, 0.3) is 0 Å². The summed E-state index contributed by atoms with van der Waals surface area (Å²) in [6, 6.07) is 16.7. The topological polar surface area (TPSA) is 110 Å². The van der Waals surface area contributed by atoms with Crippen LogP contribution in [0.5, 0.6) is 0 Å². The van der Waals surface area contributed by atoms with Gasteiger partial charge in [-0.1, -0.05) is 36.4 Å². The molecule has 192 valence electrons. The van der Waals surface area contributed by atoms with Gasteiger partial charge in [0.15, 0.2) is 0 Å². The number of hydrogen-bond donors (Lipinski definition) is 5. The smallest absolute Gasteiger partial charge is 0.229 e. The Labute approximate surface area is 217 Å². The Hall–Kier alpha value is -4.11. The number of aromatic nitrogens is 5. The normalized spacial score (nSPS) is 11.4. The minimum atomic E-state index is 0.569. The second-order valence-corrected chi connectivity index (χ2v) is 9.46. The first-order chi connectivity index (χ1) is 18.2. The molecule has 5 N–H and O–H groups in total. The molecule has 0 atom stereocenters. The van der Waals surface area contributed by atoms with Gasteiger partial charge in [-0.3, -0.25) is 0 Å². The summed E-state index contributed by atoms with van der Waals surface area (Å²) in [5, 5.41) is 12.7. The van der Waals surface area contributed by atoms with E-state index >= 15 is 0 Å². The summed E-state index contributed by atoms with van der Waals surface area (Å²) in [6.45, 7) is 3.25. The fourth-order valence-corrected chi connectivity index (χ4v) is 4.50. The fourth-order valence-electron chi connectivity index (χ4n) is 4.50. The maximum absolute atomic E-state index is 4.64. The first-order valence-corrected chi connectivity index (χ1v) is 12.9. The van der Waals surface area contributed by atoms with Crippen LogP contribution in [0.3, 0.4) is 0 Å². The maximum atomic E-state index is 4.64. The highest BCUT2D eigenvalue weighted by Crippen LogP contribution is 2.19. The summed E-state index contributed by atoms with van der Waals surface area (Å²) in [5.41, 5.74) is 4.86. The number of fused-ring (bicyclic) bond motifs is 2. The van der Waals surface area contributed by atoms with Crippen LogP contribution in [0.4, 0.5) is 17.8 Å². The number of H-pyrrole nitrogens is 2. The third-order valence-corrected chi connectivity index (χ3v) is 6.41. The lowest BCUT2D eigenvalue weighted by Crippen LogP contribution is -2.18. The van der Waals surface area contributed by atoms with Crippen molar-refractivity contribution in [1.29, 1.82) is 0 Å². The standard InChI is InChI=1S/C28H35N9/c1-37(2)17-7-14-29-26-34-27(30-15-12-20-18-32-24-10-5-3-8-22(20)24)36-28(35-26)31-16-13-21-19-33-25-11-6-4-9-23(21)25/h3-6,8-11,18-19,32-33H,7,12-17H2,1-2H3,(H3,29,30,31,34,35,36). The second-order valence-electron chi connectivity index (χ2n) is 9.46. The molecule has 0 aliphatic heterocycles. The van der Waals surface area contributed by atoms with Crippen molar-refractivity contribution in [3.05, 3.63) is 72.1 Å². The van der Waals surface area contributed by atoms with Crippen molar-refractivity contribution in [3.63, 3.8) is 0 Å². The molecule has 3 aromatic heterocycles. The molecule has 5 rings (SSSR count). The lowest BCUT2D eigenvalue weighted by Gasteiger charge is -2.12. The van der Waals surface area contributed by atoms with Gasteiger partial charge in [0, 0.05) is 53.8 Å². The van der Waals surface area contributed by atoms with Crippen molar-refractivity contribution in [2.45, 2.75) is 19.3 Å². The monoisotopic (exact) mass is 497 g/mol. The Kier molecular flexibility index (Phi) is 7.81. The van der Waals surface area contributed by atoms with Gasteiger partial charge in [0.05, 0.1) is 0 Å². The van der Waals surface area contributed by atoms with E-state index in [1.165, 1.54) is 21.9 Å². The van der Waals surface area contributed by atoms with Crippen LogP contribution in [0.15, 0.2) is 60.9 Å². The van der Waals surface area contributed by atoms with E-state index in [0.29, 0.717) is 17.8 Å². The maximum Gasteiger partial charge on any atom is 0.229 e. The fraction of sp³-hybridized carbons (Fsp3) is 0.321. The van der Waals surface area contributed by atoms with Crippen LogP contribution < -0.4 is 16.0 Å². The molecule has 2 aromatic carbocycles. The van der Waals surface area contributed by atoms with E-state index in [1.54, 1.807) is 0 Å². The molecule has 37 heavy (non-hydrogen) atoms. The first-order valence-electron chi connectivity index (χ1n) is 12.9. The average Bonchev–Trinajstić information content (AvgIpc) is 3.51. The molecule has 0 aliphatic rings. The van der Waals surface area contributed by atoms with Crippen LogP contribution in [0.2, 0.25) is 0 Å². The number of hydrogen-bond acceptors (Lipinski definition) is 7. The molecule has 5 aromatic rings. The van der Waals surface area contributed by atoms with Crippen molar-refractivity contribution in [1.82, 2.24) is 29.8 Å². The van der Waals surface area contributed by atoms with Crippen LogP contribution in [0.1, 0.15) is 17.5 Å². The number of para-hydroxylation sites is 2. The number of aromatic amines is 2. The summed E-state index contributed by atoms with van der Waals surface area (Å²) in [4.78, 5) is 22.7. The molecule has 3 heterocycles. The van der Waals surface area contributed by atoms with Crippen LogP contribution in [0, 0.1) is 0 Å². The molecule has 0 bridgehead atoms. The first kappa shape index (κ1) is 24.6. The predicted octanol–water partition coefficient (Wildman–Crippen LogP) is 4.51. The van der Waals surface area contributed by atoms with Crippen molar-refractivity contribution >= 4 is 39.7 Å². The number of rotatable bonds is 13. The van der Waals surface area contributed by atoms with Gasteiger partial charge in [0.1, 0.15) is 0 Å². The zero-order valence-electron chi connectivity index (χ0n) is 21.5. The summed E-state index contributed by atoms with van der Waals surface area (Å²) < 4.78 is 0. The number of nitrogens with one attached hydrogen (secondary N) is 5. The third kappa shape index (κ3) is 6.37. The molecular formula is C28H35N9. The highest BCUT2D eigenvalue weighted by atomic mass is 15.3. The zero-order valence-corrected chi connectivity index (χ0v) is 21.5. The number of benzene rings is 2. The van der Waals surface area contributed by atoms with E-state index in [-0.39, 0.29) is 0 Å². The molecule has 0 fully saturated rings. The van der Waals surface area contributed by atoms with Gasteiger partial charge in [-0.25, -0.2) is 0 Å². The Bertz CT molecular complexity index is 1340. The summed E-state index contributed by atoms with van der Waals surface area (Å²) in [5.74, 6) is 1.72. The highest BCUT2D eigenvalue weighted by Gasteiger charge is 2.09. The van der Waals surface area contributed by atoms with E-state index in [0.717, 1.165) is 56.5 Å². The molecule has 9 heteroatoms. The lowest BCUT2D eigenvalue weighted by molar-refractivity contribution is 0.405. The van der Waals surface area contributed by atoms with Crippen molar-refractivity contribution in [2.75, 3.05) is 56.2 Å². The van der Waals surface area contributed by atoms with Gasteiger partial charge >= 0.3 is 0 Å². The lowest BCUT2D eigenvalue weighted by atomic mass is 10.1. The Balaban J connectivity index is 1.23. The Morgan fingerprint density at radius 1 is 0.649 bits per heavy atom. The third-order valence-electron chi connectivity index (χ3n) is 6.41. The molecule has 0 unspecified atom stereocenters. The van der Waals surface area contributed by atoms with E-state index in [1.807, 2.05) is 12.1 Å². The largest absolute Gasteiger partial charge is 0.361 e. The second kappa shape index (κ2) is 11.7. The summed E-state index contributed by atoms with van der Waals surface area (Å²) >= 11 is 0. The van der Waals surface area contributed by atoms with Gasteiger partial charge in [-0.15, -0.1) is 0 Å². The number of nitrogens with zero attached hydrogens (tertiary/aromatic N) is 4. The molecular weight excluding hydrogens is 462 g/mol. The minimum Gasteiger partial charge on any atom is -0.361 e. The molecule has 0 amide bonds. The summed E-state index contributed by atoms with van der Waals surface area (Å²) in [7, 11) is 4.16. The van der Waals surface area contributed by atoms with Crippen LogP contribution in [0.25, 0.3) is 21.8 Å². The average molecular weight is 498 g/mol.